The molecule has 2 fully saturated rings. The molecule has 1 atom stereocenters. The van der Waals surface area contributed by atoms with E-state index in [1.165, 1.54) is 17.7 Å². The molecule has 0 aromatic carbocycles. The van der Waals surface area contributed by atoms with Crippen LogP contribution in [-0.4, -0.2) is 41.1 Å². The summed E-state index contributed by atoms with van der Waals surface area (Å²) in [5.41, 5.74) is 0.300. The summed E-state index contributed by atoms with van der Waals surface area (Å²) >= 11 is 0. The number of likely N-dealkylation sites (tertiary alicyclic amines) is 1. The molecule has 1 saturated carbocycles. The van der Waals surface area contributed by atoms with E-state index < -0.39 is 12.0 Å². The molecule has 1 heterocycles. The number of hydrogen-bond acceptors (Lipinski definition) is 2. The maximum absolute atomic E-state index is 11.9. The van der Waals surface area contributed by atoms with Crippen LogP contribution in [-0.2, 0) is 4.79 Å². The minimum Gasteiger partial charge on any atom is -0.480 e. The lowest BCUT2D eigenvalue weighted by molar-refractivity contribution is -0.141. The smallest absolute Gasteiger partial charge is 0.326 e. The van der Waals surface area contributed by atoms with Gasteiger partial charge in [-0.3, -0.25) is 0 Å². The lowest BCUT2D eigenvalue weighted by atomic mass is 10.0. The Bertz CT molecular complexity index is 326. The fourth-order valence-corrected chi connectivity index (χ4v) is 2.46. The van der Waals surface area contributed by atoms with Gasteiger partial charge in [0, 0.05) is 13.1 Å². The van der Waals surface area contributed by atoms with Crippen LogP contribution in [0.4, 0.5) is 4.79 Å². The van der Waals surface area contributed by atoms with E-state index in [-0.39, 0.29) is 6.03 Å². The van der Waals surface area contributed by atoms with E-state index in [1.54, 1.807) is 0 Å². The minimum atomic E-state index is -0.894. The zero-order chi connectivity index (χ0) is 12.5. The highest BCUT2D eigenvalue weighted by Crippen LogP contribution is 2.47. The highest BCUT2D eigenvalue weighted by molar-refractivity contribution is 5.83. The number of rotatable bonds is 4. The second kappa shape index (κ2) is 4.55. The molecule has 5 heteroatoms. The average Bonchev–Trinajstić information content (AvgIpc) is 2.91. The van der Waals surface area contributed by atoms with E-state index in [0.717, 1.165) is 12.8 Å². The van der Waals surface area contributed by atoms with Gasteiger partial charge in [-0.05, 0) is 37.5 Å². The van der Waals surface area contributed by atoms with Crippen LogP contribution in [0.2, 0.25) is 0 Å². The van der Waals surface area contributed by atoms with Crippen molar-refractivity contribution in [2.24, 2.45) is 5.41 Å². The van der Waals surface area contributed by atoms with Crippen molar-refractivity contribution in [2.45, 2.75) is 45.1 Å². The lowest BCUT2D eigenvalue weighted by Gasteiger charge is -2.23. The lowest BCUT2D eigenvalue weighted by Crippen LogP contribution is -2.47. The first-order valence-electron chi connectivity index (χ1n) is 6.35. The average molecular weight is 240 g/mol. The number of urea groups is 1. The predicted molar refractivity (Wildman–Crippen MR) is 62.7 cm³/mol. The summed E-state index contributed by atoms with van der Waals surface area (Å²) in [6.45, 7) is 3.38. The van der Waals surface area contributed by atoms with Crippen LogP contribution in [0.1, 0.15) is 39.0 Å². The molecular formula is C12H20N2O3. The molecule has 0 aromatic rings. The third-order valence-corrected chi connectivity index (χ3v) is 4.12. The van der Waals surface area contributed by atoms with Crippen LogP contribution in [0.5, 0.6) is 0 Å². The molecule has 1 aliphatic heterocycles. The largest absolute Gasteiger partial charge is 0.480 e. The Morgan fingerprint density at radius 2 is 2.18 bits per heavy atom. The van der Waals surface area contributed by atoms with Gasteiger partial charge in [0.25, 0.3) is 0 Å². The molecule has 1 aliphatic carbocycles. The van der Waals surface area contributed by atoms with Crippen molar-refractivity contribution < 1.29 is 14.7 Å². The standard InChI is InChI=1S/C12H20N2O3/c1-2-12(5-6-12)8-13-11(17)14-7-3-4-9(14)10(15)16/h9H,2-8H2,1H3,(H,13,17)(H,15,16)/t9-/m1/s1. The maximum Gasteiger partial charge on any atom is 0.326 e. The fraction of sp³-hybridized carbons (Fsp3) is 0.833. The van der Waals surface area contributed by atoms with Crippen molar-refractivity contribution in [3.8, 4) is 0 Å². The SMILES string of the molecule is CCC1(CNC(=O)N2CCC[C@@H]2C(=O)O)CC1. The first kappa shape index (κ1) is 12.2. The number of nitrogens with one attached hydrogen (secondary N) is 1. The van der Waals surface area contributed by atoms with Crippen molar-refractivity contribution in [3.05, 3.63) is 0 Å². The number of carbonyl (C=O) groups excluding carboxylic acids is 1. The molecule has 0 spiro atoms. The molecule has 96 valence electrons. The Kier molecular flexibility index (Phi) is 3.26. The van der Waals surface area contributed by atoms with Crippen LogP contribution in [0.25, 0.3) is 0 Å². The number of carboxylic acid groups (broad SMARTS) is 1. The molecule has 5 nitrogen and oxygen atoms in total. The Morgan fingerprint density at radius 3 is 2.71 bits per heavy atom. The third kappa shape index (κ3) is 2.53. The number of hydrogen-bond donors (Lipinski definition) is 2. The second-order valence-electron chi connectivity index (χ2n) is 5.20. The molecule has 2 rings (SSSR count). The van der Waals surface area contributed by atoms with Gasteiger partial charge in [0.15, 0.2) is 0 Å². The van der Waals surface area contributed by atoms with Gasteiger partial charge < -0.3 is 15.3 Å². The summed E-state index contributed by atoms with van der Waals surface area (Å²) in [6.07, 6.45) is 4.78. The van der Waals surface area contributed by atoms with Gasteiger partial charge in [0.2, 0.25) is 0 Å². The summed E-state index contributed by atoms with van der Waals surface area (Å²) in [7, 11) is 0. The van der Waals surface area contributed by atoms with Crippen LogP contribution in [0.3, 0.4) is 0 Å². The summed E-state index contributed by atoms with van der Waals surface area (Å²) in [6, 6.07) is -0.846. The Hall–Kier alpha value is -1.26. The van der Waals surface area contributed by atoms with Gasteiger partial charge in [-0.25, -0.2) is 9.59 Å². The molecule has 1 saturated heterocycles. The van der Waals surface area contributed by atoms with Crippen LogP contribution in [0, 0.1) is 5.41 Å². The van der Waals surface area contributed by atoms with E-state index in [0.29, 0.717) is 24.9 Å². The molecule has 0 bridgehead atoms. The van der Waals surface area contributed by atoms with Gasteiger partial charge in [-0.1, -0.05) is 6.92 Å². The first-order chi connectivity index (χ1) is 8.08. The predicted octanol–water partition coefficient (Wildman–Crippen LogP) is 1.44. The molecule has 2 amide bonds. The van der Waals surface area contributed by atoms with Crippen molar-refractivity contribution in [1.82, 2.24) is 10.2 Å². The third-order valence-electron chi connectivity index (χ3n) is 4.12. The first-order valence-corrected chi connectivity index (χ1v) is 6.35. The summed E-state index contributed by atoms with van der Waals surface area (Å²) in [5.74, 6) is -0.894. The van der Waals surface area contributed by atoms with Gasteiger partial charge >= 0.3 is 12.0 Å². The second-order valence-corrected chi connectivity index (χ2v) is 5.20. The zero-order valence-corrected chi connectivity index (χ0v) is 10.2. The van der Waals surface area contributed by atoms with E-state index in [1.807, 2.05) is 0 Å². The van der Waals surface area contributed by atoms with E-state index >= 15 is 0 Å². The minimum absolute atomic E-state index is 0.213. The quantitative estimate of drug-likeness (QED) is 0.781. The molecule has 0 unspecified atom stereocenters. The van der Waals surface area contributed by atoms with Gasteiger partial charge in [0.05, 0.1) is 0 Å². The summed E-state index contributed by atoms with van der Waals surface area (Å²) in [5, 5.41) is 11.9. The molecule has 0 aromatic heterocycles. The number of amides is 2. The van der Waals surface area contributed by atoms with Gasteiger partial charge in [-0.2, -0.15) is 0 Å². The van der Waals surface area contributed by atoms with Crippen molar-refractivity contribution in [2.75, 3.05) is 13.1 Å². The van der Waals surface area contributed by atoms with Crippen LogP contribution in [0.15, 0.2) is 0 Å². The van der Waals surface area contributed by atoms with E-state index in [9.17, 15) is 9.59 Å². The fourth-order valence-electron chi connectivity index (χ4n) is 2.46. The van der Waals surface area contributed by atoms with Gasteiger partial charge in [0.1, 0.15) is 6.04 Å². The number of nitrogens with zero attached hydrogens (tertiary/aromatic N) is 1. The number of carboxylic acids is 1. The Morgan fingerprint density at radius 1 is 1.47 bits per heavy atom. The van der Waals surface area contributed by atoms with Crippen LogP contribution >= 0.6 is 0 Å². The molecule has 2 N–H and O–H groups in total. The van der Waals surface area contributed by atoms with Crippen molar-refractivity contribution in [1.29, 1.82) is 0 Å². The van der Waals surface area contributed by atoms with Crippen molar-refractivity contribution >= 4 is 12.0 Å². The van der Waals surface area contributed by atoms with E-state index in [4.69, 9.17) is 5.11 Å². The zero-order valence-electron chi connectivity index (χ0n) is 10.2. The Labute approximate surface area is 101 Å². The Balaban J connectivity index is 1.85. The van der Waals surface area contributed by atoms with E-state index in [2.05, 4.69) is 12.2 Å². The van der Waals surface area contributed by atoms with Gasteiger partial charge in [-0.15, -0.1) is 0 Å². The topological polar surface area (TPSA) is 69.6 Å². The highest BCUT2D eigenvalue weighted by Gasteiger charge is 2.41. The molecule has 17 heavy (non-hydrogen) atoms. The van der Waals surface area contributed by atoms with Crippen LogP contribution < -0.4 is 5.32 Å². The molecular weight excluding hydrogens is 220 g/mol. The summed E-state index contributed by atoms with van der Waals surface area (Å²) < 4.78 is 0. The summed E-state index contributed by atoms with van der Waals surface area (Å²) in [4.78, 5) is 24.3. The monoisotopic (exact) mass is 240 g/mol. The highest BCUT2D eigenvalue weighted by atomic mass is 16.4. The maximum atomic E-state index is 11.9. The molecule has 2 aliphatic rings. The molecule has 0 radical (unpaired) electrons. The normalized spacial score (nSPS) is 25.7. The van der Waals surface area contributed by atoms with Crippen molar-refractivity contribution in [3.63, 3.8) is 0 Å². The number of carbonyl (C=O) groups is 2. The number of aliphatic carboxylic acids is 1.